The second-order valence-electron chi connectivity index (χ2n) is 4.41. The molecule has 92 valence electrons. The molecule has 1 aromatic rings. The van der Waals surface area contributed by atoms with Gasteiger partial charge < -0.3 is 15.7 Å². The molecule has 0 aromatic carbocycles. The fraction of sp³-hybridized carbons (Fsp3) is 0.500. The molecule has 1 aliphatic rings. The molecule has 0 radical (unpaired) electrons. The topological polar surface area (TPSA) is 86.2 Å². The maximum absolute atomic E-state index is 9.34. The number of hydrogen-bond donors (Lipinski definition) is 3. The average Bonchev–Trinajstić information content (AvgIpc) is 2.76. The first-order valence-corrected chi connectivity index (χ1v) is 5.83. The molecule has 5 heteroatoms. The molecule has 1 atom stereocenters. The number of aliphatic hydroxyl groups is 1. The lowest BCUT2D eigenvalue weighted by Gasteiger charge is -2.26. The highest BCUT2D eigenvalue weighted by Gasteiger charge is 2.27. The summed E-state index contributed by atoms with van der Waals surface area (Å²) in [6.45, 7) is 2.90. The molecule has 2 rings (SSSR count). The number of nitrogens with one attached hydrogen (secondary N) is 1. The van der Waals surface area contributed by atoms with E-state index in [0.29, 0.717) is 5.56 Å². The summed E-state index contributed by atoms with van der Waals surface area (Å²) in [6, 6.07) is 3.78. The molecule has 1 aliphatic heterocycles. The van der Waals surface area contributed by atoms with E-state index in [1.807, 2.05) is 19.1 Å². The van der Waals surface area contributed by atoms with Crippen LogP contribution < -0.4 is 10.6 Å². The number of nitrogens with two attached hydrogens (primary N) is 1. The Morgan fingerprint density at radius 2 is 2.41 bits per heavy atom. The minimum absolute atomic E-state index is 0.0242. The van der Waals surface area contributed by atoms with Crippen LogP contribution in [0.4, 0.5) is 5.82 Å². The second kappa shape index (κ2) is 4.71. The van der Waals surface area contributed by atoms with Gasteiger partial charge in [0.1, 0.15) is 11.7 Å². The van der Waals surface area contributed by atoms with Gasteiger partial charge in [-0.2, -0.15) is 0 Å². The van der Waals surface area contributed by atoms with Crippen molar-refractivity contribution < 1.29 is 5.11 Å². The van der Waals surface area contributed by atoms with Crippen molar-refractivity contribution in [1.29, 1.82) is 5.41 Å². The zero-order valence-corrected chi connectivity index (χ0v) is 9.98. The van der Waals surface area contributed by atoms with E-state index in [9.17, 15) is 5.11 Å². The quantitative estimate of drug-likeness (QED) is 0.529. The molecule has 2 heterocycles. The zero-order chi connectivity index (χ0) is 12.4. The van der Waals surface area contributed by atoms with Gasteiger partial charge in [0.2, 0.25) is 0 Å². The van der Waals surface area contributed by atoms with Gasteiger partial charge in [0.25, 0.3) is 0 Å². The van der Waals surface area contributed by atoms with Crippen LogP contribution in [0.3, 0.4) is 0 Å². The van der Waals surface area contributed by atoms with Crippen LogP contribution in [0.5, 0.6) is 0 Å². The second-order valence-corrected chi connectivity index (χ2v) is 4.41. The number of rotatable bonds is 3. The maximum atomic E-state index is 9.34. The Morgan fingerprint density at radius 1 is 1.65 bits per heavy atom. The lowest BCUT2D eigenvalue weighted by Crippen LogP contribution is -2.34. The highest BCUT2D eigenvalue weighted by Crippen LogP contribution is 2.26. The Hall–Kier alpha value is -1.62. The minimum atomic E-state index is 0.0242. The number of aliphatic hydroxyl groups excluding tert-OH is 1. The number of nitrogens with zero attached hydrogens (tertiary/aromatic N) is 2. The van der Waals surface area contributed by atoms with Gasteiger partial charge in [-0.15, -0.1) is 0 Å². The molecule has 1 fully saturated rings. The van der Waals surface area contributed by atoms with E-state index in [4.69, 9.17) is 11.1 Å². The highest BCUT2D eigenvalue weighted by atomic mass is 16.3. The summed E-state index contributed by atoms with van der Waals surface area (Å²) in [7, 11) is 0. The summed E-state index contributed by atoms with van der Waals surface area (Å²) in [5, 5.41) is 16.9. The molecule has 0 aliphatic carbocycles. The Morgan fingerprint density at radius 3 is 3.06 bits per heavy atom. The van der Waals surface area contributed by atoms with Gasteiger partial charge in [-0.1, -0.05) is 0 Å². The first-order chi connectivity index (χ1) is 8.13. The summed E-state index contributed by atoms with van der Waals surface area (Å²) in [5.74, 6) is 0.755. The number of nitrogen functional groups attached to an aromatic ring is 1. The van der Waals surface area contributed by atoms with Crippen LogP contribution in [-0.4, -0.2) is 35.1 Å². The smallest absolute Gasteiger partial charge is 0.140 e. The number of aryl methyl sites for hydroxylation is 1. The molecule has 4 N–H and O–H groups in total. The number of aromatic nitrogens is 1. The molecule has 1 aromatic heterocycles. The lowest BCUT2D eigenvalue weighted by molar-refractivity contribution is 0.266. The predicted molar refractivity (Wildman–Crippen MR) is 67.4 cm³/mol. The van der Waals surface area contributed by atoms with Crippen molar-refractivity contribution in [1.82, 2.24) is 4.98 Å². The van der Waals surface area contributed by atoms with E-state index < -0.39 is 0 Å². The van der Waals surface area contributed by atoms with Gasteiger partial charge in [0.15, 0.2) is 0 Å². The fourth-order valence-electron chi connectivity index (χ4n) is 2.28. The Labute approximate surface area is 101 Å². The number of amidine groups is 1. The Bertz CT molecular complexity index is 433. The van der Waals surface area contributed by atoms with Crippen LogP contribution in [0.25, 0.3) is 0 Å². The monoisotopic (exact) mass is 234 g/mol. The van der Waals surface area contributed by atoms with E-state index in [-0.39, 0.29) is 18.5 Å². The van der Waals surface area contributed by atoms with Crippen molar-refractivity contribution in [2.75, 3.05) is 18.1 Å². The standard InChI is InChI=1S/C12H18N4O/c1-8-4-5-10(11(13)14)12(15-8)16-6-2-3-9(16)7-17/h4-5,9,17H,2-3,6-7H2,1H3,(H3,13,14). The van der Waals surface area contributed by atoms with Crippen molar-refractivity contribution >= 4 is 11.7 Å². The van der Waals surface area contributed by atoms with Gasteiger partial charge in [-0.05, 0) is 31.9 Å². The summed E-state index contributed by atoms with van der Waals surface area (Å²) >= 11 is 0. The molecule has 17 heavy (non-hydrogen) atoms. The average molecular weight is 234 g/mol. The van der Waals surface area contributed by atoms with Gasteiger partial charge in [-0.3, -0.25) is 5.41 Å². The molecule has 0 bridgehead atoms. The van der Waals surface area contributed by atoms with Crippen LogP contribution >= 0.6 is 0 Å². The van der Waals surface area contributed by atoms with Crippen molar-refractivity contribution in [3.8, 4) is 0 Å². The summed E-state index contributed by atoms with van der Waals surface area (Å²) < 4.78 is 0. The third kappa shape index (κ3) is 2.24. The molecule has 0 saturated carbocycles. The largest absolute Gasteiger partial charge is 0.394 e. The number of anilines is 1. The molecule has 0 amide bonds. The maximum Gasteiger partial charge on any atom is 0.140 e. The molecular weight excluding hydrogens is 216 g/mol. The Kier molecular flexibility index (Phi) is 3.28. The van der Waals surface area contributed by atoms with Crippen LogP contribution in [0.15, 0.2) is 12.1 Å². The highest BCUT2D eigenvalue weighted by molar-refractivity contribution is 5.99. The Balaban J connectivity index is 2.42. The summed E-state index contributed by atoms with van der Waals surface area (Å²) in [6.07, 6.45) is 2.00. The molecule has 1 unspecified atom stereocenters. The fourth-order valence-corrected chi connectivity index (χ4v) is 2.28. The number of pyridine rings is 1. The van der Waals surface area contributed by atoms with Crippen LogP contribution in [0.2, 0.25) is 0 Å². The summed E-state index contributed by atoms with van der Waals surface area (Å²) in [5.41, 5.74) is 7.12. The van der Waals surface area contributed by atoms with Crippen LogP contribution in [0, 0.1) is 12.3 Å². The van der Waals surface area contributed by atoms with Crippen molar-refractivity contribution in [3.05, 3.63) is 23.4 Å². The molecule has 0 spiro atoms. The lowest BCUT2D eigenvalue weighted by atomic mass is 10.2. The zero-order valence-electron chi connectivity index (χ0n) is 9.98. The van der Waals surface area contributed by atoms with E-state index in [0.717, 1.165) is 30.9 Å². The molecule has 5 nitrogen and oxygen atoms in total. The number of hydrogen-bond acceptors (Lipinski definition) is 4. The van der Waals surface area contributed by atoms with E-state index in [1.165, 1.54) is 0 Å². The molecular formula is C12H18N4O. The van der Waals surface area contributed by atoms with E-state index in [1.54, 1.807) is 0 Å². The predicted octanol–water partition coefficient (Wildman–Crippen LogP) is 0.635. The van der Waals surface area contributed by atoms with Gasteiger partial charge in [0.05, 0.1) is 18.2 Å². The van der Waals surface area contributed by atoms with Gasteiger partial charge >= 0.3 is 0 Å². The van der Waals surface area contributed by atoms with Gasteiger partial charge in [0, 0.05) is 12.2 Å². The first kappa shape index (κ1) is 11.9. The first-order valence-electron chi connectivity index (χ1n) is 5.83. The minimum Gasteiger partial charge on any atom is -0.394 e. The third-order valence-corrected chi connectivity index (χ3v) is 3.16. The molecule has 1 saturated heterocycles. The van der Waals surface area contributed by atoms with Crippen molar-refractivity contribution in [3.63, 3.8) is 0 Å². The van der Waals surface area contributed by atoms with Crippen LogP contribution in [-0.2, 0) is 0 Å². The van der Waals surface area contributed by atoms with Crippen molar-refractivity contribution in [2.45, 2.75) is 25.8 Å². The summed E-state index contributed by atoms with van der Waals surface area (Å²) in [4.78, 5) is 6.53. The van der Waals surface area contributed by atoms with E-state index in [2.05, 4.69) is 9.88 Å². The third-order valence-electron chi connectivity index (χ3n) is 3.16. The van der Waals surface area contributed by atoms with Gasteiger partial charge in [-0.25, -0.2) is 4.98 Å². The van der Waals surface area contributed by atoms with Crippen LogP contribution in [0.1, 0.15) is 24.1 Å². The van der Waals surface area contributed by atoms with E-state index >= 15 is 0 Å². The normalized spacial score (nSPS) is 19.6. The van der Waals surface area contributed by atoms with Crippen molar-refractivity contribution in [2.24, 2.45) is 5.73 Å². The SMILES string of the molecule is Cc1ccc(C(=N)N)c(N2CCCC2CO)n1.